The van der Waals surface area contributed by atoms with Crippen molar-refractivity contribution in [2.75, 3.05) is 13.2 Å². The SMILES string of the molecule is Cn1c(C2(NC(=O)[C@@H]3C[C@]4(C)C[C@@H]4N3C(=O)CNC(=O)CCCOc3ccccc3)CC2)nc2ccncc21. The van der Waals surface area contributed by atoms with Crippen molar-refractivity contribution in [2.24, 2.45) is 12.5 Å². The molecule has 1 aromatic carbocycles. The van der Waals surface area contributed by atoms with Gasteiger partial charge in [-0.05, 0) is 55.7 Å². The number of ether oxygens (including phenoxy) is 1. The molecular formula is C29H34N6O4. The molecule has 3 aromatic rings. The highest BCUT2D eigenvalue weighted by Gasteiger charge is 2.65. The molecule has 0 radical (unpaired) electrons. The Morgan fingerprint density at radius 1 is 1.13 bits per heavy atom. The van der Waals surface area contributed by atoms with E-state index < -0.39 is 11.6 Å². The van der Waals surface area contributed by atoms with E-state index in [9.17, 15) is 14.4 Å². The summed E-state index contributed by atoms with van der Waals surface area (Å²) >= 11 is 0. The molecule has 3 heterocycles. The zero-order chi connectivity index (χ0) is 27.2. The Labute approximate surface area is 227 Å². The lowest BCUT2D eigenvalue weighted by atomic mass is 10.0. The number of nitrogens with one attached hydrogen (secondary N) is 2. The van der Waals surface area contributed by atoms with Crippen LogP contribution in [-0.4, -0.2) is 62.4 Å². The van der Waals surface area contributed by atoms with Crippen LogP contribution < -0.4 is 15.4 Å². The third kappa shape index (κ3) is 4.84. The van der Waals surface area contributed by atoms with Crippen molar-refractivity contribution in [3.63, 3.8) is 0 Å². The lowest BCUT2D eigenvalue weighted by molar-refractivity contribution is -0.140. The summed E-state index contributed by atoms with van der Waals surface area (Å²) < 4.78 is 7.62. The van der Waals surface area contributed by atoms with Crippen molar-refractivity contribution < 1.29 is 19.1 Å². The van der Waals surface area contributed by atoms with Gasteiger partial charge in [0.1, 0.15) is 17.6 Å². The number of fused-ring (bicyclic) bond motifs is 2. The standard InChI is InChI=1S/C29H34N6O4/c1-28-15-21(26(38)33-29(11-12-29)27-32-20-10-13-30-17-22(20)34(27)2)35(23(28)16-28)25(37)18-31-24(36)9-6-14-39-19-7-4-3-5-8-19/h3-5,7-8,10,13,17,21,23H,6,9,11-12,14-16,18H2,1-2H3,(H,31,36)(H,33,38)/t21-,23-,28+/m0/s1. The fourth-order valence-corrected chi connectivity index (χ4v) is 5.97. The lowest BCUT2D eigenvalue weighted by Crippen LogP contribution is -2.52. The van der Waals surface area contributed by atoms with E-state index in [4.69, 9.17) is 9.72 Å². The van der Waals surface area contributed by atoms with Crippen LogP contribution in [0.25, 0.3) is 11.0 Å². The molecule has 39 heavy (non-hydrogen) atoms. The number of para-hydroxylation sites is 1. The van der Waals surface area contributed by atoms with Crippen molar-refractivity contribution in [3.05, 3.63) is 54.6 Å². The van der Waals surface area contributed by atoms with E-state index in [1.165, 1.54) is 0 Å². The molecule has 10 nitrogen and oxygen atoms in total. The highest BCUT2D eigenvalue weighted by molar-refractivity contribution is 5.92. The topological polar surface area (TPSA) is 118 Å². The molecule has 2 saturated carbocycles. The number of benzene rings is 1. The number of amides is 3. The van der Waals surface area contributed by atoms with E-state index in [0.717, 1.165) is 41.9 Å². The van der Waals surface area contributed by atoms with Gasteiger partial charge in [0, 0.05) is 25.7 Å². The van der Waals surface area contributed by atoms with Crippen molar-refractivity contribution in [3.8, 4) is 5.75 Å². The number of aromatic nitrogens is 3. The Morgan fingerprint density at radius 2 is 1.92 bits per heavy atom. The maximum absolute atomic E-state index is 13.6. The number of nitrogens with zero attached hydrogens (tertiary/aromatic N) is 4. The first kappa shape index (κ1) is 25.3. The summed E-state index contributed by atoms with van der Waals surface area (Å²) in [5.41, 5.74) is 1.19. The minimum atomic E-state index is -0.550. The number of aryl methyl sites for hydroxylation is 1. The molecule has 0 unspecified atom stereocenters. The monoisotopic (exact) mass is 530 g/mol. The fourth-order valence-electron chi connectivity index (χ4n) is 5.97. The van der Waals surface area contributed by atoms with Gasteiger partial charge in [-0.1, -0.05) is 25.1 Å². The van der Waals surface area contributed by atoms with Crippen molar-refractivity contribution in [1.82, 2.24) is 30.1 Å². The predicted molar refractivity (Wildman–Crippen MR) is 144 cm³/mol. The van der Waals surface area contributed by atoms with Crippen LogP contribution in [0.2, 0.25) is 0 Å². The summed E-state index contributed by atoms with van der Waals surface area (Å²) in [6, 6.07) is 10.8. The largest absolute Gasteiger partial charge is 0.494 e. The number of rotatable bonds is 10. The maximum Gasteiger partial charge on any atom is 0.243 e. The molecule has 3 aliphatic rings. The van der Waals surface area contributed by atoms with E-state index in [1.807, 2.05) is 48.0 Å². The summed E-state index contributed by atoms with van der Waals surface area (Å²) in [6.45, 7) is 2.43. The first-order chi connectivity index (χ1) is 18.8. The van der Waals surface area contributed by atoms with Crippen LogP contribution in [0.4, 0.5) is 0 Å². The minimum absolute atomic E-state index is 0.0360. The Kier molecular flexibility index (Phi) is 6.28. The number of piperidine rings is 1. The van der Waals surface area contributed by atoms with Crippen LogP contribution in [0, 0.1) is 5.41 Å². The number of carbonyl (C=O) groups is 3. The number of carbonyl (C=O) groups excluding carboxylic acids is 3. The van der Waals surface area contributed by atoms with Crippen LogP contribution in [0.3, 0.4) is 0 Å². The van der Waals surface area contributed by atoms with Gasteiger partial charge in [0.25, 0.3) is 0 Å². The van der Waals surface area contributed by atoms with E-state index in [1.54, 1.807) is 17.3 Å². The molecule has 1 aliphatic heterocycles. The fraction of sp³-hybridized carbons (Fsp3) is 0.483. The molecule has 2 N–H and O–H groups in total. The van der Waals surface area contributed by atoms with E-state index in [0.29, 0.717) is 19.4 Å². The second kappa shape index (κ2) is 9.66. The van der Waals surface area contributed by atoms with Gasteiger partial charge in [0.2, 0.25) is 17.7 Å². The van der Waals surface area contributed by atoms with Gasteiger partial charge < -0.3 is 24.8 Å². The third-order valence-corrected chi connectivity index (χ3v) is 8.45. The molecule has 1 saturated heterocycles. The lowest BCUT2D eigenvalue weighted by Gasteiger charge is -2.29. The number of pyridine rings is 1. The Balaban J connectivity index is 1.05. The molecule has 2 aromatic heterocycles. The molecule has 0 spiro atoms. The molecule has 3 atom stereocenters. The molecule has 2 aliphatic carbocycles. The molecular weight excluding hydrogens is 496 g/mol. The Bertz CT molecular complexity index is 1420. The smallest absolute Gasteiger partial charge is 0.243 e. The van der Waals surface area contributed by atoms with Gasteiger partial charge in [-0.15, -0.1) is 0 Å². The minimum Gasteiger partial charge on any atom is -0.494 e. The molecule has 6 rings (SSSR count). The zero-order valence-corrected chi connectivity index (χ0v) is 22.4. The van der Waals surface area contributed by atoms with E-state index >= 15 is 0 Å². The number of hydrogen-bond donors (Lipinski definition) is 2. The number of imidazole rings is 1. The predicted octanol–water partition coefficient (Wildman–Crippen LogP) is 2.43. The van der Waals surface area contributed by atoms with Crippen molar-refractivity contribution in [1.29, 1.82) is 0 Å². The van der Waals surface area contributed by atoms with E-state index in [-0.39, 0.29) is 42.1 Å². The number of hydrogen-bond acceptors (Lipinski definition) is 6. The second-order valence-electron chi connectivity index (χ2n) is 11.4. The van der Waals surface area contributed by atoms with E-state index in [2.05, 4.69) is 22.5 Å². The van der Waals surface area contributed by atoms with Crippen LogP contribution in [-0.2, 0) is 27.0 Å². The summed E-state index contributed by atoms with van der Waals surface area (Å²) in [5, 5.41) is 5.99. The van der Waals surface area contributed by atoms with Crippen LogP contribution in [0.1, 0.15) is 51.3 Å². The van der Waals surface area contributed by atoms with Gasteiger partial charge in [0.15, 0.2) is 0 Å². The van der Waals surface area contributed by atoms with Gasteiger partial charge in [-0.3, -0.25) is 19.4 Å². The Morgan fingerprint density at radius 3 is 2.67 bits per heavy atom. The summed E-state index contributed by atoms with van der Waals surface area (Å²) in [7, 11) is 1.94. The summed E-state index contributed by atoms with van der Waals surface area (Å²) in [6.07, 6.45) is 7.41. The average molecular weight is 531 g/mol. The van der Waals surface area contributed by atoms with Crippen LogP contribution in [0.15, 0.2) is 48.8 Å². The van der Waals surface area contributed by atoms with Crippen LogP contribution >= 0.6 is 0 Å². The molecule has 3 amide bonds. The zero-order valence-electron chi connectivity index (χ0n) is 22.4. The highest BCUT2D eigenvalue weighted by atomic mass is 16.5. The van der Waals surface area contributed by atoms with Crippen LogP contribution in [0.5, 0.6) is 5.75 Å². The average Bonchev–Trinajstić information content (AvgIpc) is 3.79. The summed E-state index contributed by atoms with van der Waals surface area (Å²) in [5.74, 6) is 1.01. The van der Waals surface area contributed by atoms with Gasteiger partial charge in [0.05, 0.1) is 35.9 Å². The van der Waals surface area contributed by atoms with Gasteiger partial charge in [-0.2, -0.15) is 0 Å². The molecule has 3 fully saturated rings. The second-order valence-corrected chi connectivity index (χ2v) is 11.4. The maximum atomic E-state index is 13.6. The summed E-state index contributed by atoms with van der Waals surface area (Å²) in [4.78, 5) is 49.9. The third-order valence-electron chi connectivity index (χ3n) is 8.45. The quantitative estimate of drug-likeness (QED) is 0.389. The molecule has 204 valence electrons. The first-order valence-corrected chi connectivity index (χ1v) is 13.6. The van der Waals surface area contributed by atoms with Gasteiger partial charge >= 0.3 is 0 Å². The van der Waals surface area contributed by atoms with Crippen molar-refractivity contribution in [2.45, 2.75) is 63.1 Å². The molecule has 10 heteroatoms. The number of likely N-dealkylation sites (tertiary alicyclic amines) is 1. The first-order valence-electron chi connectivity index (χ1n) is 13.6. The normalized spacial score (nSPS) is 24.2. The molecule has 0 bridgehead atoms. The van der Waals surface area contributed by atoms with Gasteiger partial charge in [-0.25, -0.2) is 4.98 Å². The van der Waals surface area contributed by atoms with Crippen molar-refractivity contribution >= 4 is 28.8 Å². The highest BCUT2D eigenvalue weighted by Crippen LogP contribution is 2.59. The Hall–Kier alpha value is -3.95.